The lowest BCUT2D eigenvalue weighted by Gasteiger charge is -2.19. The first kappa shape index (κ1) is 25.3. The first-order chi connectivity index (χ1) is 20.2. The third-order valence-corrected chi connectivity index (χ3v) is 8.61. The Bertz CT molecular complexity index is 1680. The molecule has 2 nitrogen and oxygen atoms in total. The third kappa shape index (κ3) is 5.27. The van der Waals surface area contributed by atoms with E-state index in [9.17, 15) is 0 Å². The van der Waals surface area contributed by atoms with E-state index in [-0.39, 0.29) is 5.54 Å². The third-order valence-electron chi connectivity index (χ3n) is 8.61. The van der Waals surface area contributed by atoms with Crippen molar-refractivity contribution in [3.8, 4) is 22.3 Å². The normalized spacial score (nSPS) is 21.2. The molecule has 0 saturated carbocycles. The van der Waals surface area contributed by atoms with Crippen LogP contribution in [0.5, 0.6) is 0 Å². The lowest BCUT2D eigenvalue weighted by Crippen LogP contribution is -2.08. The van der Waals surface area contributed by atoms with Gasteiger partial charge in [-0.2, -0.15) is 0 Å². The minimum absolute atomic E-state index is 0.0255. The fourth-order valence-corrected chi connectivity index (χ4v) is 6.00. The van der Waals surface area contributed by atoms with Crippen LogP contribution in [-0.2, 0) is 5.54 Å². The van der Waals surface area contributed by atoms with Gasteiger partial charge in [0.1, 0.15) is 0 Å². The molecule has 200 valence electrons. The van der Waals surface area contributed by atoms with Crippen molar-refractivity contribution in [2.24, 2.45) is 0 Å². The quantitative estimate of drug-likeness (QED) is 0.205. The summed E-state index contributed by atoms with van der Waals surface area (Å²) < 4.78 is 0. The van der Waals surface area contributed by atoms with E-state index in [1.807, 2.05) is 0 Å². The van der Waals surface area contributed by atoms with E-state index in [0.29, 0.717) is 12.0 Å². The monoisotopic (exact) mass is 530 g/mol. The van der Waals surface area contributed by atoms with Crippen molar-refractivity contribution in [2.75, 3.05) is 5.32 Å². The Morgan fingerprint density at radius 3 is 1.71 bits per heavy atom. The van der Waals surface area contributed by atoms with E-state index >= 15 is 0 Å². The highest BCUT2D eigenvalue weighted by Crippen LogP contribution is 2.49. The zero-order valence-electron chi connectivity index (χ0n) is 23.3. The van der Waals surface area contributed by atoms with Crippen LogP contribution in [-0.4, -0.2) is 0 Å². The second kappa shape index (κ2) is 10.7. The molecule has 0 aromatic heterocycles. The minimum Gasteiger partial charge on any atom is -0.356 e. The maximum Gasteiger partial charge on any atom is 0.0609 e. The summed E-state index contributed by atoms with van der Waals surface area (Å²) in [5, 5.41) is 7.31. The fraction of sp³-hybridized carbons (Fsp3) is 0.128. The Labute approximate surface area is 243 Å². The summed E-state index contributed by atoms with van der Waals surface area (Å²) in [6.45, 7) is 2.31. The average Bonchev–Trinajstić information content (AvgIpc) is 3.75. The van der Waals surface area contributed by atoms with E-state index in [0.717, 1.165) is 17.8 Å². The van der Waals surface area contributed by atoms with Crippen LogP contribution in [0.3, 0.4) is 0 Å². The van der Waals surface area contributed by atoms with Crippen molar-refractivity contribution < 1.29 is 0 Å². The average molecular weight is 531 g/mol. The number of hydrogen-bond donors (Lipinski definition) is 2. The summed E-state index contributed by atoms with van der Waals surface area (Å²) in [7, 11) is 0. The Hall–Kier alpha value is -4.66. The van der Waals surface area contributed by atoms with Gasteiger partial charge in [-0.15, -0.1) is 0 Å². The van der Waals surface area contributed by atoms with Crippen molar-refractivity contribution in [3.63, 3.8) is 0 Å². The molecule has 0 amide bonds. The largest absolute Gasteiger partial charge is 0.356 e. The molecule has 3 atom stereocenters. The SMILES string of the molecule is CC1(c2ccc(C3C=CC(Nc4ccc(-c5ccccc5)cc4)=CC3)cc2)NC1c1ccc(-c2ccccc2)cc1. The van der Waals surface area contributed by atoms with Crippen molar-refractivity contribution in [1.29, 1.82) is 0 Å². The van der Waals surface area contributed by atoms with Gasteiger partial charge in [0, 0.05) is 17.3 Å². The molecule has 1 saturated heterocycles. The molecule has 1 heterocycles. The Balaban J connectivity index is 0.964. The summed E-state index contributed by atoms with van der Waals surface area (Å²) in [5.41, 5.74) is 11.3. The second-order valence-electron chi connectivity index (χ2n) is 11.3. The lowest BCUT2D eigenvalue weighted by atomic mass is 9.88. The second-order valence-corrected chi connectivity index (χ2v) is 11.3. The Morgan fingerprint density at radius 1 is 0.610 bits per heavy atom. The molecule has 1 fully saturated rings. The van der Waals surface area contributed by atoms with Crippen LogP contribution in [0.1, 0.15) is 42.0 Å². The van der Waals surface area contributed by atoms with Gasteiger partial charge in [-0.1, -0.05) is 133 Å². The van der Waals surface area contributed by atoms with Gasteiger partial charge >= 0.3 is 0 Å². The van der Waals surface area contributed by atoms with E-state index in [4.69, 9.17) is 0 Å². The number of benzene rings is 5. The zero-order chi connectivity index (χ0) is 27.6. The highest BCUT2D eigenvalue weighted by molar-refractivity contribution is 5.67. The molecule has 41 heavy (non-hydrogen) atoms. The first-order valence-electron chi connectivity index (χ1n) is 14.5. The van der Waals surface area contributed by atoms with Gasteiger partial charge in [0.25, 0.3) is 0 Å². The molecule has 2 N–H and O–H groups in total. The van der Waals surface area contributed by atoms with E-state index in [2.05, 4.69) is 169 Å². The zero-order valence-corrected chi connectivity index (χ0v) is 23.3. The van der Waals surface area contributed by atoms with Crippen LogP contribution in [0.2, 0.25) is 0 Å². The smallest absolute Gasteiger partial charge is 0.0609 e. The summed E-state index contributed by atoms with van der Waals surface area (Å²) in [5.74, 6) is 0.399. The molecule has 3 unspecified atom stereocenters. The molecule has 1 aliphatic heterocycles. The molecular formula is C39H34N2. The van der Waals surface area contributed by atoms with E-state index in [1.165, 1.54) is 38.9 Å². The van der Waals surface area contributed by atoms with Crippen LogP contribution >= 0.6 is 0 Å². The maximum absolute atomic E-state index is 3.75. The number of nitrogens with one attached hydrogen (secondary N) is 2. The number of rotatable bonds is 7. The highest BCUT2D eigenvalue weighted by atomic mass is 15.2. The topological polar surface area (TPSA) is 34.0 Å². The van der Waals surface area contributed by atoms with Gasteiger partial charge in [-0.3, -0.25) is 5.32 Å². The predicted octanol–water partition coefficient (Wildman–Crippen LogP) is 9.62. The maximum atomic E-state index is 3.75. The van der Waals surface area contributed by atoms with Crippen molar-refractivity contribution >= 4 is 5.69 Å². The number of allylic oxidation sites excluding steroid dienone is 3. The van der Waals surface area contributed by atoms with E-state index in [1.54, 1.807) is 0 Å². The molecule has 7 rings (SSSR count). The number of hydrogen-bond acceptors (Lipinski definition) is 2. The molecule has 5 aromatic carbocycles. The van der Waals surface area contributed by atoms with Crippen molar-refractivity contribution in [1.82, 2.24) is 5.32 Å². The van der Waals surface area contributed by atoms with Crippen LogP contribution < -0.4 is 10.6 Å². The lowest BCUT2D eigenvalue weighted by molar-refractivity contribution is 0.729. The van der Waals surface area contributed by atoms with Crippen molar-refractivity contribution in [3.05, 3.63) is 174 Å². The molecule has 5 aromatic rings. The Kier molecular flexibility index (Phi) is 6.62. The number of anilines is 1. The first-order valence-corrected chi connectivity index (χ1v) is 14.5. The molecule has 0 bridgehead atoms. The summed E-state index contributed by atoms with van der Waals surface area (Å²) in [4.78, 5) is 0. The molecule has 1 aliphatic carbocycles. The van der Waals surface area contributed by atoms with Crippen LogP contribution in [0.15, 0.2) is 157 Å². The minimum atomic E-state index is -0.0255. The molecular weight excluding hydrogens is 496 g/mol. The summed E-state index contributed by atoms with van der Waals surface area (Å²) in [6, 6.07) is 48.3. The van der Waals surface area contributed by atoms with Crippen LogP contribution in [0, 0.1) is 0 Å². The van der Waals surface area contributed by atoms with Gasteiger partial charge in [0.05, 0.1) is 11.6 Å². The molecule has 2 heteroatoms. The van der Waals surface area contributed by atoms with Crippen molar-refractivity contribution in [2.45, 2.75) is 30.8 Å². The standard InChI is InChI=1S/C39H34N2/c1-39(38(41-39)34-14-12-30(13-15-34)28-8-4-2-5-9-28)35-22-16-31(17-23-35)33-20-26-37(27-21-33)40-36-24-18-32(19-25-36)29-10-6-3-7-11-29/h2-20,22-27,33,38,40-41H,21H2,1H3. The van der Waals surface area contributed by atoms with Gasteiger partial charge in [-0.25, -0.2) is 0 Å². The molecule has 0 radical (unpaired) electrons. The van der Waals surface area contributed by atoms with Crippen LogP contribution in [0.4, 0.5) is 5.69 Å². The molecule has 0 spiro atoms. The Morgan fingerprint density at radius 2 is 1.15 bits per heavy atom. The fourth-order valence-electron chi connectivity index (χ4n) is 6.00. The van der Waals surface area contributed by atoms with Gasteiger partial charge in [0.2, 0.25) is 0 Å². The van der Waals surface area contributed by atoms with Crippen LogP contribution in [0.25, 0.3) is 22.3 Å². The highest BCUT2D eigenvalue weighted by Gasteiger charge is 2.51. The van der Waals surface area contributed by atoms with Gasteiger partial charge in [-0.05, 0) is 70.5 Å². The van der Waals surface area contributed by atoms with Gasteiger partial charge < -0.3 is 5.32 Å². The predicted molar refractivity (Wildman–Crippen MR) is 172 cm³/mol. The van der Waals surface area contributed by atoms with Gasteiger partial charge in [0.15, 0.2) is 0 Å². The summed E-state index contributed by atoms with van der Waals surface area (Å²) >= 11 is 0. The van der Waals surface area contributed by atoms with E-state index < -0.39 is 0 Å². The summed E-state index contributed by atoms with van der Waals surface area (Å²) in [6.07, 6.45) is 7.84. The molecule has 2 aliphatic rings.